The van der Waals surface area contributed by atoms with Crippen molar-refractivity contribution in [3.05, 3.63) is 70.3 Å². The van der Waals surface area contributed by atoms with E-state index in [2.05, 4.69) is 34.5 Å². The number of nitro benzene ring substituents is 1. The summed E-state index contributed by atoms with van der Waals surface area (Å²) in [5, 5.41) is 13.7. The highest BCUT2D eigenvalue weighted by Crippen LogP contribution is 2.22. The number of rotatable bonds is 8. The maximum Gasteiger partial charge on any atom is 0.269 e. The van der Waals surface area contributed by atoms with Crippen LogP contribution in [0.25, 0.3) is 0 Å². The number of piperidine rings is 1. The number of likely N-dealkylation sites (tertiary alicyclic amines) is 1. The van der Waals surface area contributed by atoms with Crippen LogP contribution in [0.4, 0.5) is 5.69 Å². The largest absolute Gasteiger partial charge is 0.354 e. The van der Waals surface area contributed by atoms with E-state index in [0.717, 1.165) is 24.4 Å². The van der Waals surface area contributed by atoms with Gasteiger partial charge in [-0.3, -0.25) is 19.8 Å². The molecule has 0 aliphatic carbocycles. The minimum atomic E-state index is -0.424. The molecule has 1 unspecified atom stereocenters. The molecule has 2 aromatic rings. The van der Waals surface area contributed by atoms with Crippen LogP contribution in [0.15, 0.2) is 59.5 Å². The molecule has 148 valence electrons. The molecule has 3 rings (SSSR count). The molecular weight excluding hydrogens is 374 g/mol. The number of benzene rings is 2. The van der Waals surface area contributed by atoms with E-state index in [0.29, 0.717) is 18.3 Å². The maximum atomic E-state index is 12.2. The fraction of sp³-hybridized carbons (Fsp3) is 0.381. The van der Waals surface area contributed by atoms with Crippen LogP contribution in [0.2, 0.25) is 0 Å². The lowest BCUT2D eigenvalue weighted by atomic mass is 10.0. The van der Waals surface area contributed by atoms with Crippen molar-refractivity contribution in [2.45, 2.75) is 36.7 Å². The Morgan fingerprint density at radius 3 is 2.61 bits per heavy atom. The van der Waals surface area contributed by atoms with Crippen LogP contribution in [0.1, 0.15) is 24.8 Å². The standard InChI is InChI=1S/C21H25N3O3S/c25-21(16-28-20-11-9-18(10-12-20)24(26)27)22-14-19-8-4-5-13-23(19)15-17-6-2-1-3-7-17/h1-3,6-7,9-12,19H,4-5,8,13-16H2,(H,22,25). The third-order valence-electron chi connectivity index (χ3n) is 4.93. The van der Waals surface area contributed by atoms with Gasteiger partial charge in [0, 0.05) is 36.2 Å². The molecule has 1 amide bonds. The summed E-state index contributed by atoms with van der Waals surface area (Å²) >= 11 is 1.39. The molecule has 1 saturated heterocycles. The molecule has 6 nitrogen and oxygen atoms in total. The number of carbonyl (C=O) groups excluding carboxylic acids is 1. The van der Waals surface area contributed by atoms with E-state index in [9.17, 15) is 14.9 Å². The van der Waals surface area contributed by atoms with Gasteiger partial charge in [0.2, 0.25) is 5.91 Å². The fourth-order valence-corrected chi connectivity index (χ4v) is 4.14. The second-order valence-corrected chi connectivity index (χ2v) is 8.00. The van der Waals surface area contributed by atoms with Crippen molar-refractivity contribution in [2.75, 3.05) is 18.8 Å². The molecule has 1 fully saturated rings. The van der Waals surface area contributed by atoms with Gasteiger partial charge in [0.15, 0.2) is 0 Å². The van der Waals surface area contributed by atoms with Gasteiger partial charge in [-0.2, -0.15) is 0 Å². The van der Waals surface area contributed by atoms with Gasteiger partial charge in [0.1, 0.15) is 0 Å². The third kappa shape index (κ3) is 6.07. The summed E-state index contributed by atoms with van der Waals surface area (Å²) < 4.78 is 0. The van der Waals surface area contributed by atoms with E-state index in [1.807, 2.05) is 6.07 Å². The highest BCUT2D eigenvalue weighted by molar-refractivity contribution is 8.00. The van der Waals surface area contributed by atoms with Crippen LogP contribution < -0.4 is 5.32 Å². The Balaban J connectivity index is 1.45. The first-order valence-electron chi connectivity index (χ1n) is 9.54. The third-order valence-corrected chi connectivity index (χ3v) is 5.94. The molecule has 1 aliphatic rings. The minimum absolute atomic E-state index is 0.00594. The number of hydrogen-bond acceptors (Lipinski definition) is 5. The van der Waals surface area contributed by atoms with Crippen LogP contribution >= 0.6 is 11.8 Å². The molecule has 0 spiro atoms. The van der Waals surface area contributed by atoms with Crippen molar-refractivity contribution in [3.63, 3.8) is 0 Å². The van der Waals surface area contributed by atoms with Crippen LogP contribution in [0, 0.1) is 10.1 Å². The van der Waals surface area contributed by atoms with Crippen LogP contribution in [-0.2, 0) is 11.3 Å². The van der Waals surface area contributed by atoms with Gasteiger partial charge in [-0.15, -0.1) is 11.8 Å². The summed E-state index contributed by atoms with van der Waals surface area (Å²) in [7, 11) is 0. The Kier molecular flexibility index (Phi) is 7.45. The predicted octanol–water partition coefficient (Wildman–Crippen LogP) is 3.86. The van der Waals surface area contributed by atoms with Crippen molar-refractivity contribution < 1.29 is 9.72 Å². The van der Waals surface area contributed by atoms with Gasteiger partial charge in [-0.05, 0) is 37.1 Å². The molecule has 0 aromatic heterocycles. The van der Waals surface area contributed by atoms with Crippen molar-refractivity contribution in [1.29, 1.82) is 0 Å². The molecule has 0 bridgehead atoms. The fourth-order valence-electron chi connectivity index (χ4n) is 3.41. The second kappa shape index (κ2) is 10.2. The van der Waals surface area contributed by atoms with Gasteiger partial charge in [-0.1, -0.05) is 36.8 Å². The number of amides is 1. The Hall–Kier alpha value is -2.38. The first kappa shape index (κ1) is 20.4. The molecule has 7 heteroatoms. The number of nitro groups is 1. The first-order valence-corrected chi connectivity index (χ1v) is 10.5. The zero-order valence-electron chi connectivity index (χ0n) is 15.8. The topological polar surface area (TPSA) is 75.5 Å². The highest BCUT2D eigenvalue weighted by atomic mass is 32.2. The van der Waals surface area contributed by atoms with E-state index >= 15 is 0 Å². The van der Waals surface area contributed by atoms with Gasteiger partial charge in [-0.25, -0.2) is 0 Å². The van der Waals surface area contributed by atoms with E-state index in [4.69, 9.17) is 0 Å². The predicted molar refractivity (Wildman–Crippen MR) is 111 cm³/mol. The van der Waals surface area contributed by atoms with Crippen molar-refractivity contribution in [2.24, 2.45) is 0 Å². The molecule has 28 heavy (non-hydrogen) atoms. The summed E-state index contributed by atoms with van der Waals surface area (Å²) in [6.45, 7) is 2.64. The lowest BCUT2D eigenvalue weighted by molar-refractivity contribution is -0.384. The molecule has 1 N–H and O–H groups in total. The number of non-ortho nitro benzene ring substituents is 1. The molecule has 0 radical (unpaired) electrons. The molecule has 1 heterocycles. The van der Waals surface area contributed by atoms with E-state index in [-0.39, 0.29) is 11.6 Å². The second-order valence-electron chi connectivity index (χ2n) is 6.95. The molecule has 1 atom stereocenters. The van der Waals surface area contributed by atoms with E-state index < -0.39 is 4.92 Å². The maximum absolute atomic E-state index is 12.2. The van der Waals surface area contributed by atoms with Gasteiger partial charge < -0.3 is 5.32 Å². The Labute approximate surface area is 169 Å². The Morgan fingerprint density at radius 2 is 1.89 bits per heavy atom. The zero-order chi connectivity index (χ0) is 19.8. The lowest BCUT2D eigenvalue weighted by Gasteiger charge is -2.35. The monoisotopic (exact) mass is 399 g/mol. The summed E-state index contributed by atoms with van der Waals surface area (Å²) in [5.41, 5.74) is 1.36. The summed E-state index contributed by atoms with van der Waals surface area (Å²) in [5.74, 6) is 0.303. The van der Waals surface area contributed by atoms with Crippen molar-refractivity contribution in [1.82, 2.24) is 10.2 Å². The van der Waals surface area contributed by atoms with Crippen LogP contribution in [0.5, 0.6) is 0 Å². The summed E-state index contributed by atoms with van der Waals surface area (Å²) in [4.78, 5) is 25.8. The Bertz CT molecular complexity index is 783. The van der Waals surface area contributed by atoms with Crippen LogP contribution in [0.3, 0.4) is 0 Å². The van der Waals surface area contributed by atoms with Gasteiger partial charge in [0.05, 0.1) is 10.7 Å². The number of thioether (sulfide) groups is 1. The molecule has 2 aromatic carbocycles. The average Bonchev–Trinajstić information content (AvgIpc) is 2.72. The quantitative estimate of drug-likeness (QED) is 0.414. The van der Waals surface area contributed by atoms with Crippen molar-refractivity contribution in [3.8, 4) is 0 Å². The number of nitrogens with zero attached hydrogens (tertiary/aromatic N) is 2. The highest BCUT2D eigenvalue weighted by Gasteiger charge is 2.22. The van der Waals surface area contributed by atoms with Gasteiger partial charge >= 0.3 is 0 Å². The van der Waals surface area contributed by atoms with E-state index in [1.54, 1.807) is 12.1 Å². The van der Waals surface area contributed by atoms with E-state index in [1.165, 1.54) is 42.3 Å². The molecule has 0 saturated carbocycles. The number of carbonyl (C=O) groups is 1. The lowest BCUT2D eigenvalue weighted by Crippen LogP contribution is -2.46. The summed E-state index contributed by atoms with van der Waals surface area (Å²) in [6, 6.07) is 17.1. The minimum Gasteiger partial charge on any atom is -0.354 e. The smallest absolute Gasteiger partial charge is 0.269 e. The number of nitrogens with one attached hydrogen (secondary N) is 1. The SMILES string of the molecule is O=C(CSc1ccc([N+](=O)[O-])cc1)NCC1CCCCN1Cc1ccccc1. The van der Waals surface area contributed by atoms with Gasteiger partial charge in [0.25, 0.3) is 5.69 Å². The average molecular weight is 400 g/mol. The number of hydrogen-bond donors (Lipinski definition) is 1. The van der Waals surface area contributed by atoms with Crippen molar-refractivity contribution >= 4 is 23.4 Å². The summed E-state index contributed by atoms with van der Waals surface area (Å²) in [6.07, 6.45) is 3.50. The van der Waals surface area contributed by atoms with Crippen LogP contribution in [-0.4, -0.2) is 40.6 Å². The Morgan fingerprint density at radius 1 is 1.14 bits per heavy atom. The zero-order valence-corrected chi connectivity index (χ0v) is 16.6. The first-order chi connectivity index (χ1) is 13.6. The molecule has 1 aliphatic heterocycles. The molecular formula is C21H25N3O3S. The normalized spacial score (nSPS) is 17.2.